The molecule has 0 saturated heterocycles. The number of aromatic nitrogens is 5. The van der Waals surface area contributed by atoms with Gasteiger partial charge in [0, 0.05) is 61.3 Å². The summed E-state index contributed by atoms with van der Waals surface area (Å²) in [4.78, 5) is 20.1. The van der Waals surface area contributed by atoms with Gasteiger partial charge in [0.25, 0.3) is 0 Å². The van der Waals surface area contributed by atoms with E-state index < -0.39 is 0 Å². The molecule has 0 saturated carbocycles. The van der Waals surface area contributed by atoms with Crippen molar-refractivity contribution in [1.29, 1.82) is 0 Å². The minimum absolute atomic E-state index is 0.0743. The number of hydrogen-bond donors (Lipinski definition) is 0. The van der Waals surface area contributed by atoms with Gasteiger partial charge in [-0.25, -0.2) is 0 Å². The molecule has 0 radical (unpaired) electrons. The maximum absolute atomic E-state index is 14.8. The van der Waals surface area contributed by atoms with Gasteiger partial charge in [0.05, 0.1) is 60.4 Å². The monoisotopic (exact) mass is 1010 g/mol. The summed E-state index contributed by atoms with van der Waals surface area (Å²) in [6.07, 6.45) is 1.87. The van der Waals surface area contributed by atoms with E-state index in [-0.39, 0.29) is 5.43 Å². The molecule has 7 nitrogen and oxygen atoms in total. The molecule has 0 aliphatic rings. The van der Waals surface area contributed by atoms with E-state index >= 15 is 0 Å². The molecule has 0 fully saturated rings. The topological polar surface area (TPSA) is 62.8 Å². The molecule has 0 spiro atoms. The summed E-state index contributed by atoms with van der Waals surface area (Å²) in [5.74, 6) is 0. The lowest BCUT2D eigenvalue weighted by molar-refractivity contribution is 0.660. The minimum Gasteiger partial charge on any atom is -0.456 e. The van der Waals surface area contributed by atoms with Crippen LogP contribution in [0.1, 0.15) is 0 Å². The summed E-state index contributed by atoms with van der Waals surface area (Å²) in [6, 6.07) is 90.4. The van der Waals surface area contributed by atoms with Crippen molar-refractivity contribution in [2.75, 3.05) is 0 Å². The first-order valence-corrected chi connectivity index (χ1v) is 26.7. The van der Waals surface area contributed by atoms with E-state index in [2.05, 4.69) is 237 Å². The summed E-state index contributed by atoms with van der Waals surface area (Å²) in [7, 11) is 0. The number of nitrogens with zero attached hydrogens (tertiary/aromatic N) is 5. The van der Waals surface area contributed by atoms with Gasteiger partial charge in [-0.2, -0.15) is 0 Å². The largest absolute Gasteiger partial charge is 0.456 e. The molecule has 5 aromatic heterocycles. The second-order valence-corrected chi connectivity index (χ2v) is 20.6. The van der Waals surface area contributed by atoms with Gasteiger partial charge < -0.3 is 22.7 Å². The van der Waals surface area contributed by atoms with Crippen LogP contribution in [0.3, 0.4) is 0 Å². The van der Waals surface area contributed by atoms with Crippen LogP contribution in [0.25, 0.3) is 154 Å². The number of fused-ring (bicyclic) bond motifs is 18. The van der Waals surface area contributed by atoms with Crippen LogP contribution in [0.2, 0.25) is 0 Å². The van der Waals surface area contributed by atoms with E-state index in [1.54, 1.807) is 0 Å². The van der Waals surface area contributed by atoms with Gasteiger partial charge in [0.2, 0.25) is 5.43 Å². The lowest BCUT2D eigenvalue weighted by Crippen LogP contribution is -2.08. The standard InChI is InChI=1S/C72H43N5O2/c78-72-53-25-10-16-32-69(53)79-70-43-59-55(40-60(70)72)54-38-46(77-63-29-13-9-24-51(63)58-39-47(34-36-64(58)77)76-61-27-11-7-22-49(61)50-23-8-12-28-62(50)76)33-35-48(54)56-41-67-68(42-57(56)52-26-17-37-73-71(52)59)75(45-20-5-2-6-21-45)66-31-15-14-30-65(66)74(67)44-18-3-1-4-19-44/h1-43H. The van der Waals surface area contributed by atoms with E-state index in [4.69, 9.17) is 9.40 Å². The van der Waals surface area contributed by atoms with E-state index in [1.807, 2.05) is 42.6 Å². The van der Waals surface area contributed by atoms with Crippen molar-refractivity contribution in [1.82, 2.24) is 23.3 Å². The number of para-hydroxylation sites is 8. The predicted octanol–water partition coefficient (Wildman–Crippen LogP) is 18.2. The third-order valence-corrected chi connectivity index (χ3v) is 16.4. The van der Waals surface area contributed by atoms with Crippen LogP contribution in [0.4, 0.5) is 0 Å². The Morgan fingerprint density at radius 2 is 0.696 bits per heavy atom. The molecule has 17 aromatic rings. The molecular formula is C72H43N5O2. The molecule has 0 unspecified atom stereocenters. The Kier molecular flexibility index (Phi) is 9.15. The Morgan fingerprint density at radius 1 is 0.253 bits per heavy atom. The first-order valence-electron chi connectivity index (χ1n) is 26.7. The van der Waals surface area contributed by atoms with Crippen molar-refractivity contribution in [2.45, 2.75) is 0 Å². The van der Waals surface area contributed by atoms with E-state index in [0.717, 1.165) is 110 Å². The number of hydrogen-bond acceptors (Lipinski definition) is 3. The second-order valence-electron chi connectivity index (χ2n) is 20.6. The van der Waals surface area contributed by atoms with Crippen LogP contribution in [-0.4, -0.2) is 23.3 Å². The zero-order valence-electron chi connectivity index (χ0n) is 42.4. The molecule has 0 aliphatic carbocycles. The number of rotatable bonds is 4. The van der Waals surface area contributed by atoms with Crippen molar-refractivity contribution in [3.8, 4) is 22.7 Å². The fourth-order valence-electron chi connectivity index (χ4n) is 13.0. The smallest absolute Gasteiger partial charge is 0.200 e. The maximum Gasteiger partial charge on any atom is 0.200 e. The molecule has 79 heavy (non-hydrogen) atoms. The molecule has 5 heterocycles. The molecule has 12 aromatic carbocycles. The van der Waals surface area contributed by atoms with Crippen LogP contribution >= 0.6 is 0 Å². The average molecular weight is 1010 g/mol. The SMILES string of the molecule is O=c1c2ccccc2oc2cc3c(cc12)c1cc(-n2c4ccccc4c4cc(-n5c6ccccc6c6ccccc65)ccc42)ccc1c1cc2c(cc1c1cccnc13)n(-c1ccccc1)c1ccccc1n2-c1ccccc1. The van der Waals surface area contributed by atoms with Crippen molar-refractivity contribution in [3.05, 3.63) is 271 Å². The predicted molar refractivity (Wildman–Crippen MR) is 328 cm³/mol. The Hall–Kier alpha value is -10.8. The maximum atomic E-state index is 14.8. The van der Waals surface area contributed by atoms with Gasteiger partial charge in [-0.3, -0.25) is 9.78 Å². The molecule has 368 valence electrons. The zero-order valence-corrected chi connectivity index (χ0v) is 42.4. The summed E-state index contributed by atoms with van der Waals surface area (Å²) in [5.41, 5.74) is 14.7. The lowest BCUT2D eigenvalue weighted by atomic mass is 9.94. The van der Waals surface area contributed by atoms with Gasteiger partial charge >= 0.3 is 0 Å². The van der Waals surface area contributed by atoms with E-state index in [1.165, 1.54) is 21.8 Å². The van der Waals surface area contributed by atoms with Gasteiger partial charge in [-0.1, -0.05) is 127 Å². The third kappa shape index (κ3) is 6.29. The summed E-state index contributed by atoms with van der Waals surface area (Å²) >= 11 is 0. The van der Waals surface area contributed by atoms with Crippen LogP contribution < -0.4 is 5.43 Å². The van der Waals surface area contributed by atoms with Gasteiger partial charge in [0.15, 0.2) is 0 Å². The van der Waals surface area contributed by atoms with Crippen molar-refractivity contribution in [3.63, 3.8) is 0 Å². The minimum atomic E-state index is -0.0743. The summed E-state index contributed by atoms with van der Waals surface area (Å²) in [5, 5.41) is 12.6. The van der Waals surface area contributed by atoms with Crippen molar-refractivity contribution >= 4 is 131 Å². The molecule has 0 bridgehead atoms. The summed E-state index contributed by atoms with van der Waals surface area (Å²) < 4.78 is 16.2. The fraction of sp³-hybridized carbons (Fsp3) is 0. The second kappa shape index (κ2) is 16.6. The Balaban J connectivity index is 1.04. The highest BCUT2D eigenvalue weighted by molar-refractivity contribution is 6.28. The molecule has 0 N–H and O–H groups in total. The van der Waals surface area contributed by atoms with Crippen LogP contribution in [0.15, 0.2) is 270 Å². The highest BCUT2D eigenvalue weighted by Crippen LogP contribution is 2.43. The third-order valence-electron chi connectivity index (χ3n) is 16.4. The molecule has 0 amide bonds. The quantitative estimate of drug-likeness (QED) is 0.165. The molecule has 7 heteroatoms. The Bertz CT molecular complexity index is 5530. The van der Waals surface area contributed by atoms with Gasteiger partial charge in [-0.15, -0.1) is 0 Å². The Labute approximate surface area is 450 Å². The zero-order chi connectivity index (χ0) is 51.9. The Morgan fingerprint density at radius 3 is 1.32 bits per heavy atom. The average Bonchev–Trinajstić information content (AvgIpc) is 4.13. The number of pyridine rings is 1. The highest BCUT2D eigenvalue weighted by atomic mass is 16.3. The molecule has 17 rings (SSSR count). The number of benzene rings is 11. The molecule has 0 aliphatic heterocycles. The first kappa shape index (κ1) is 43.5. The van der Waals surface area contributed by atoms with E-state index in [9.17, 15) is 4.79 Å². The molecule has 0 atom stereocenters. The fourth-order valence-corrected chi connectivity index (χ4v) is 13.0. The van der Waals surface area contributed by atoms with E-state index in [0.29, 0.717) is 21.9 Å². The first-order chi connectivity index (χ1) is 39.1. The van der Waals surface area contributed by atoms with Crippen molar-refractivity contribution in [2.24, 2.45) is 0 Å². The lowest BCUT2D eigenvalue weighted by Gasteiger charge is -2.23. The molecular weight excluding hydrogens is 967 g/mol. The normalized spacial score (nSPS) is 12.1. The summed E-state index contributed by atoms with van der Waals surface area (Å²) in [6.45, 7) is 0. The van der Waals surface area contributed by atoms with Crippen LogP contribution in [-0.2, 0) is 0 Å². The van der Waals surface area contributed by atoms with Gasteiger partial charge in [0.1, 0.15) is 11.2 Å². The van der Waals surface area contributed by atoms with Crippen LogP contribution in [0, 0.1) is 0 Å². The van der Waals surface area contributed by atoms with Crippen LogP contribution in [0.5, 0.6) is 0 Å². The highest BCUT2D eigenvalue weighted by Gasteiger charge is 2.22. The van der Waals surface area contributed by atoms with Gasteiger partial charge in [-0.05, 0) is 154 Å². The van der Waals surface area contributed by atoms with Crippen molar-refractivity contribution < 1.29 is 4.42 Å².